The minimum Gasteiger partial charge on any atom is -0.374 e. The van der Waals surface area contributed by atoms with Crippen LogP contribution in [-0.4, -0.2) is 56.4 Å². The number of aromatic amines is 1. The van der Waals surface area contributed by atoms with Crippen LogP contribution in [0.1, 0.15) is 18.7 Å². The summed E-state index contributed by atoms with van der Waals surface area (Å²) in [5, 5.41) is 4.23. The maximum atomic E-state index is 12.7. The molecule has 1 fully saturated rings. The number of nitrogens with one attached hydrogen (secondary N) is 1. The maximum absolute atomic E-state index is 12.7. The van der Waals surface area contributed by atoms with Crippen molar-refractivity contribution in [2.24, 2.45) is 0 Å². The third-order valence-electron chi connectivity index (χ3n) is 4.67. The molecule has 7 nitrogen and oxygen atoms in total. The first-order valence-electron chi connectivity index (χ1n) is 9.08. The van der Waals surface area contributed by atoms with Gasteiger partial charge >= 0.3 is 0 Å². The van der Waals surface area contributed by atoms with Crippen molar-refractivity contribution in [3.8, 4) is 0 Å². The molecule has 26 heavy (non-hydrogen) atoms. The van der Waals surface area contributed by atoms with Crippen LogP contribution in [0.2, 0.25) is 0 Å². The molecular weight excluding hydrogens is 330 g/mol. The van der Waals surface area contributed by atoms with Crippen molar-refractivity contribution < 1.29 is 9.53 Å². The van der Waals surface area contributed by atoms with Crippen molar-refractivity contribution in [1.82, 2.24) is 24.6 Å². The highest BCUT2D eigenvalue weighted by Crippen LogP contribution is 2.13. The van der Waals surface area contributed by atoms with E-state index in [1.807, 2.05) is 46.1 Å². The lowest BCUT2D eigenvalue weighted by Gasteiger charge is -2.24. The van der Waals surface area contributed by atoms with Gasteiger partial charge in [-0.15, -0.1) is 0 Å². The largest absolute Gasteiger partial charge is 0.374 e. The summed E-state index contributed by atoms with van der Waals surface area (Å²) < 4.78 is 7.74. The van der Waals surface area contributed by atoms with Crippen LogP contribution in [0.3, 0.4) is 0 Å². The monoisotopic (exact) mass is 353 g/mol. The minimum absolute atomic E-state index is 0.0208. The number of hydrogen-bond donors (Lipinski definition) is 1. The molecule has 0 bridgehead atoms. The highest BCUT2D eigenvalue weighted by Gasteiger charge is 2.23. The van der Waals surface area contributed by atoms with Crippen LogP contribution < -0.4 is 0 Å². The van der Waals surface area contributed by atoms with E-state index in [1.54, 1.807) is 6.20 Å². The van der Waals surface area contributed by atoms with Crippen LogP contribution in [0.4, 0.5) is 0 Å². The number of aryl methyl sites for hydroxylation is 1. The van der Waals surface area contributed by atoms with Gasteiger partial charge in [-0.3, -0.25) is 9.48 Å². The Morgan fingerprint density at radius 3 is 3.08 bits per heavy atom. The Bertz CT molecular complexity index is 825. The zero-order valence-corrected chi connectivity index (χ0v) is 14.7. The lowest BCUT2D eigenvalue weighted by atomic mass is 10.2. The molecule has 0 radical (unpaired) electrons. The minimum atomic E-state index is -0.0208. The highest BCUT2D eigenvalue weighted by molar-refractivity contribution is 5.77. The Morgan fingerprint density at radius 2 is 2.23 bits per heavy atom. The first kappa shape index (κ1) is 16.8. The van der Waals surface area contributed by atoms with E-state index >= 15 is 0 Å². The quantitative estimate of drug-likeness (QED) is 0.761. The molecule has 0 saturated carbocycles. The molecule has 0 spiro atoms. The van der Waals surface area contributed by atoms with Crippen LogP contribution >= 0.6 is 0 Å². The molecule has 1 amide bonds. The predicted octanol–water partition coefficient (Wildman–Crippen LogP) is 2.01. The van der Waals surface area contributed by atoms with Gasteiger partial charge in [0.15, 0.2) is 0 Å². The number of para-hydroxylation sites is 2. The van der Waals surface area contributed by atoms with Crippen molar-refractivity contribution in [3.63, 3.8) is 0 Å². The smallest absolute Gasteiger partial charge is 0.223 e. The summed E-state index contributed by atoms with van der Waals surface area (Å²) in [5.74, 6) is 1.01. The number of imidazole rings is 1. The summed E-state index contributed by atoms with van der Waals surface area (Å²) in [6, 6.07) is 9.82. The van der Waals surface area contributed by atoms with E-state index in [-0.39, 0.29) is 12.0 Å². The summed E-state index contributed by atoms with van der Waals surface area (Å²) >= 11 is 0. The van der Waals surface area contributed by atoms with Gasteiger partial charge in [0, 0.05) is 44.9 Å². The number of carbonyl (C=O) groups is 1. The van der Waals surface area contributed by atoms with Crippen molar-refractivity contribution >= 4 is 16.9 Å². The fourth-order valence-corrected chi connectivity index (χ4v) is 3.36. The third kappa shape index (κ3) is 3.94. The zero-order valence-electron chi connectivity index (χ0n) is 14.7. The third-order valence-corrected chi connectivity index (χ3v) is 4.67. The van der Waals surface area contributed by atoms with E-state index in [0.717, 1.165) is 29.8 Å². The molecule has 136 valence electrons. The Labute approximate surface area is 152 Å². The molecule has 1 N–H and O–H groups in total. The number of aromatic nitrogens is 4. The van der Waals surface area contributed by atoms with Crippen LogP contribution in [0.25, 0.3) is 11.0 Å². The van der Waals surface area contributed by atoms with Crippen LogP contribution in [0, 0.1) is 0 Å². The average Bonchev–Trinajstić information content (AvgIpc) is 3.24. The second-order valence-corrected chi connectivity index (χ2v) is 6.61. The Balaban J connectivity index is 1.35. The number of rotatable bonds is 5. The molecule has 7 heteroatoms. The van der Waals surface area contributed by atoms with Gasteiger partial charge in [0.25, 0.3) is 0 Å². The Kier molecular flexibility index (Phi) is 4.97. The van der Waals surface area contributed by atoms with Gasteiger partial charge in [-0.05, 0) is 24.6 Å². The van der Waals surface area contributed by atoms with Crippen molar-refractivity contribution in [2.75, 3.05) is 19.7 Å². The maximum Gasteiger partial charge on any atom is 0.223 e. The van der Waals surface area contributed by atoms with E-state index in [0.29, 0.717) is 32.5 Å². The van der Waals surface area contributed by atoms with Crippen molar-refractivity contribution in [3.05, 3.63) is 48.5 Å². The van der Waals surface area contributed by atoms with Gasteiger partial charge in [-0.2, -0.15) is 5.10 Å². The second kappa shape index (κ2) is 7.70. The van der Waals surface area contributed by atoms with Gasteiger partial charge in [0.1, 0.15) is 5.82 Å². The number of ether oxygens (including phenoxy) is 1. The topological polar surface area (TPSA) is 76.0 Å². The molecule has 1 aliphatic heterocycles. The van der Waals surface area contributed by atoms with Crippen molar-refractivity contribution in [2.45, 2.75) is 31.9 Å². The fourth-order valence-electron chi connectivity index (χ4n) is 3.36. The van der Waals surface area contributed by atoms with E-state index < -0.39 is 0 Å². The summed E-state index contributed by atoms with van der Waals surface area (Å²) in [5.41, 5.74) is 1.95. The van der Waals surface area contributed by atoms with Crippen molar-refractivity contribution in [1.29, 1.82) is 0 Å². The highest BCUT2D eigenvalue weighted by atomic mass is 16.5. The van der Waals surface area contributed by atoms with Gasteiger partial charge in [0.2, 0.25) is 5.91 Å². The number of fused-ring (bicyclic) bond motifs is 1. The van der Waals surface area contributed by atoms with Gasteiger partial charge < -0.3 is 14.6 Å². The number of nitrogens with zero attached hydrogens (tertiary/aromatic N) is 4. The normalized spacial score (nSPS) is 18.2. The average molecular weight is 353 g/mol. The van der Waals surface area contributed by atoms with E-state index in [4.69, 9.17) is 4.74 Å². The summed E-state index contributed by atoms with van der Waals surface area (Å²) in [4.78, 5) is 22.5. The number of amides is 1. The molecule has 1 aromatic carbocycles. The number of carbonyl (C=O) groups excluding carboxylic acids is 1. The summed E-state index contributed by atoms with van der Waals surface area (Å²) in [6.45, 7) is 2.70. The molecule has 0 aliphatic carbocycles. The summed E-state index contributed by atoms with van der Waals surface area (Å²) in [6.07, 6.45) is 5.59. The summed E-state index contributed by atoms with van der Waals surface area (Å²) in [7, 11) is 0. The molecule has 2 aromatic heterocycles. The molecule has 3 aromatic rings. The molecule has 1 atom stereocenters. The van der Waals surface area contributed by atoms with Crippen LogP contribution in [0.15, 0.2) is 42.7 Å². The zero-order chi connectivity index (χ0) is 17.8. The number of hydrogen-bond acceptors (Lipinski definition) is 4. The molecule has 3 heterocycles. The Hall–Kier alpha value is -2.67. The number of H-pyrrole nitrogens is 1. The van der Waals surface area contributed by atoms with E-state index in [9.17, 15) is 4.79 Å². The van der Waals surface area contributed by atoms with Crippen LogP contribution in [-0.2, 0) is 22.5 Å². The van der Waals surface area contributed by atoms with Gasteiger partial charge in [-0.1, -0.05) is 12.1 Å². The first-order chi connectivity index (χ1) is 12.8. The Morgan fingerprint density at radius 1 is 1.31 bits per heavy atom. The standard InChI is InChI=1S/C19H23N5O2/c25-19(8-7-18-21-16-5-1-2-6-17(16)22-18)23-10-4-12-26-15(13-23)14-24-11-3-9-20-24/h1-3,5-6,9,11,15H,4,7-8,10,12-14H2,(H,21,22)/t15-/m0/s1. The fraction of sp³-hybridized carbons (Fsp3) is 0.421. The second-order valence-electron chi connectivity index (χ2n) is 6.61. The predicted molar refractivity (Wildman–Crippen MR) is 97.6 cm³/mol. The van der Waals surface area contributed by atoms with Gasteiger partial charge in [-0.25, -0.2) is 4.98 Å². The lowest BCUT2D eigenvalue weighted by Crippen LogP contribution is -2.38. The SMILES string of the molecule is O=C(CCc1nc2ccccc2[nH]1)N1CCCO[C@H](Cn2cccn2)C1. The van der Waals surface area contributed by atoms with Crippen LogP contribution in [0.5, 0.6) is 0 Å². The molecule has 0 unspecified atom stereocenters. The number of benzene rings is 1. The first-order valence-corrected chi connectivity index (χ1v) is 9.08. The van der Waals surface area contributed by atoms with Gasteiger partial charge in [0.05, 0.1) is 23.7 Å². The lowest BCUT2D eigenvalue weighted by molar-refractivity contribution is -0.132. The molecule has 1 saturated heterocycles. The van der Waals surface area contributed by atoms with E-state index in [2.05, 4.69) is 15.1 Å². The molecule has 4 rings (SSSR count). The molecule has 1 aliphatic rings. The molecular formula is C19H23N5O2. The van der Waals surface area contributed by atoms with E-state index in [1.165, 1.54) is 0 Å².